The van der Waals surface area contributed by atoms with E-state index >= 15 is 0 Å². The van der Waals surface area contributed by atoms with Crippen LogP contribution in [0.25, 0.3) is 0 Å². The van der Waals surface area contributed by atoms with E-state index in [2.05, 4.69) is 12.6 Å². The zero-order chi connectivity index (χ0) is 14.4. The van der Waals surface area contributed by atoms with Gasteiger partial charge in [-0.2, -0.15) is 12.6 Å². The maximum Gasteiger partial charge on any atom is 0.310 e. The molecule has 2 aromatic rings. The first kappa shape index (κ1) is 14.4. The van der Waals surface area contributed by atoms with Gasteiger partial charge in [0.15, 0.2) is 5.75 Å². The number of rotatable bonds is 6. The van der Waals surface area contributed by atoms with Gasteiger partial charge in [0.2, 0.25) is 0 Å². The monoisotopic (exact) mass is 289 g/mol. The summed E-state index contributed by atoms with van der Waals surface area (Å²) in [6.45, 7) is 0.359. The SMILES string of the molecule is O=[N+]([O-])c1ccccc1OCC(CS)c1ccccc1. The maximum absolute atomic E-state index is 10.9. The summed E-state index contributed by atoms with van der Waals surface area (Å²) >= 11 is 4.33. The summed E-state index contributed by atoms with van der Waals surface area (Å²) < 4.78 is 5.62. The van der Waals surface area contributed by atoms with Gasteiger partial charge in [-0.15, -0.1) is 0 Å². The first-order valence-corrected chi connectivity index (χ1v) is 6.87. The molecule has 0 spiro atoms. The van der Waals surface area contributed by atoms with E-state index in [-0.39, 0.29) is 11.6 Å². The van der Waals surface area contributed by atoms with Crippen molar-refractivity contribution in [3.05, 3.63) is 70.3 Å². The molecule has 0 heterocycles. The van der Waals surface area contributed by atoms with E-state index in [1.807, 2.05) is 30.3 Å². The van der Waals surface area contributed by atoms with Gasteiger partial charge in [-0.3, -0.25) is 10.1 Å². The van der Waals surface area contributed by atoms with Crippen LogP contribution in [0.15, 0.2) is 54.6 Å². The molecule has 0 aromatic heterocycles. The Balaban J connectivity index is 2.10. The predicted molar refractivity (Wildman–Crippen MR) is 81.6 cm³/mol. The van der Waals surface area contributed by atoms with E-state index in [1.165, 1.54) is 6.07 Å². The van der Waals surface area contributed by atoms with Crippen LogP contribution in [0.5, 0.6) is 5.75 Å². The lowest BCUT2D eigenvalue weighted by Crippen LogP contribution is -2.12. The minimum Gasteiger partial charge on any atom is -0.486 e. The lowest BCUT2D eigenvalue weighted by molar-refractivity contribution is -0.385. The van der Waals surface area contributed by atoms with Gasteiger partial charge in [0.25, 0.3) is 0 Å². The van der Waals surface area contributed by atoms with Crippen molar-refractivity contribution in [1.29, 1.82) is 0 Å². The lowest BCUT2D eigenvalue weighted by atomic mass is 10.0. The quantitative estimate of drug-likeness (QED) is 0.501. The number of benzene rings is 2. The van der Waals surface area contributed by atoms with E-state index in [1.54, 1.807) is 18.2 Å². The number of para-hydroxylation sites is 2. The molecule has 20 heavy (non-hydrogen) atoms. The molecule has 4 nitrogen and oxygen atoms in total. The van der Waals surface area contributed by atoms with Crippen LogP contribution < -0.4 is 4.74 Å². The molecule has 0 bridgehead atoms. The fraction of sp³-hybridized carbons (Fsp3) is 0.200. The zero-order valence-electron chi connectivity index (χ0n) is 10.8. The molecule has 0 aliphatic rings. The number of ether oxygens (including phenoxy) is 1. The number of hydrogen-bond donors (Lipinski definition) is 1. The van der Waals surface area contributed by atoms with E-state index < -0.39 is 4.92 Å². The molecule has 0 saturated carbocycles. The minimum absolute atomic E-state index is 0.0153. The second kappa shape index (κ2) is 6.96. The van der Waals surface area contributed by atoms with Crippen LogP contribution in [0.4, 0.5) is 5.69 Å². The van der Waals surface area contributed by atoms with E-state index in [4.69, 9.17) is 4.74 Å². The molecule has 0 aliphatic carbocycles. The number of nitrogens with zero attached hydrogens (tertiary/aromatic N) is 1. The Morgan fingerprint density at radius 1 is 1.10 bits per heavy atom. The average Bonchev–Trinajstić information content (AvgIpc) is 2.49. The molecule has 0 aliphatic heterocycles. The van der Waals surface area contributed by atoms with Gasteiger partial charge >= 0.3 is 5.69 Å². The van der Waals surface area contributed by atoms with Crippen LogP contribution in [0.2, 0.25) is 0 Å². The van der Waals surface area contributed by atoms with Gasteiger partial charge in [0.05, 0.1) is 11.5 Å². The van der Waals surface area contributed by atoms with Gasteiger partial charge in [-0.1, -0.05) is 42.5 Å². The van der Waals surface area contributed by atoms with Crippen molar-refractivity contribution in [3.63, 3.8) is 0 Å². The Hall–Kier alpha value is -2.01. The summed E-state index contributed by atoms with van der Waals surface area (Å²) in [5.74, 6) is 1.00. The zero-order valence-corrected chi connectivity index (χ0v) is 11.7. The number of hydrogen-bond acceptors (Lipinski definition) is 4. The molecule has 2 rings (SSSR count). The Kier molecular flexibility index (Phi) is 5.01. The summed E-state index contributed by atoms with van der Waals surface area (Å²) in [4.78, 5) is 10.5. The van der Waals surface area contributed by atoms with Crippen molar-refractivity contribution in [2.75, 3.05) is 12.4 Å². The van der Waals surface area contributed by atoms with Crippen LogP contribution in [-0.4, -0.2) is 17.3 Å². The summed E-state index contributed by atoms with van der Waals surface area (Å²) in [6, 6.07) is 16.3. The van der Waals surface area contributed by atoms with Gasteiger partial charge in [0, 0.05) is 17.7 Å². The first-order chi connectivity index (χ1) is 9.72. The maximum atomic E-state index is 10.9. The van der Waals surface area contributed by atoms with Crippen LogP contribution in [0.1, 0.15) is 11.5 Å². The molecule has 0 saturated heterocycles. The summed E-state index contributed by atoms with van der Waals surface area (Å²) in [7, 11) is 0. The highest BCUT2D eigenvalue weighted by molar-refractivity contribution is 7.80. The lowest BCUT2D eigenvalue weighted by Gasteiger charge is -2.15. The Morgan fingerprint density at radius 3 is 2.40 bits per heavy atom. The second-order valence-corrected chi connectivity index (χ2v) is 4.69. The van der Waals surface area contributed by atoms with Crippen molar-refractivity contribution in [2.24, 2.45) is 0 Å². The van der Waals surface area contributed by atoms with Gasteiger partial charge in [-0.25, -0.2) is 0 Å². The minimum atomic E-state index is -0.437. The number of nitro benzene ring substituents is 1. The van der Waals surface area contributed by atoms with E-state index in [0.717, 1.165) is 5.56 Å². The van der Waals surface area contributed by atoms with Crippen molar-refractivity contribution >= 4 is 18.3 Å². The highest BCUT2D eigenvalue weighted by Crippen LogP contribution is 2.27. The molecule has 0 fully saturated rings. The number of nitro groups is 1. The third-order valence-electron chi connectivity index (χ3n) is 2.99. The molecule has 1 unspecified atom stereocenters. The van der Waals surface area contributed by atoms with Crippen molar-refractivity contribution in [1.82, 2.24) is 0 Å². The molecule has 0 amide bonds. The van der Waals surface area contributed by atoms with Gasteiger partial charge < -0.3 is 4.74 Å². The summed E-state index contributed by atoms with van der Waals surface area (Å²) in [5, 5.41) is 10.9. The highest BCUT2D eigenvalue weighted by Gasteiger charge is 2.16. The predicted octanol–water partition coefficient (Wildman–Crippen LogP) is 3.69. The highest BCUT2D eigenvalue weighted by atomic mass is 32.1. The van der Waals surface area contributed by atoms with Gasteiger partial charge in [0.1, 0.15) is 0 Å². The molecular weight excluding hydrogens is 274 g/mol. The van der Waals surface area contributed by atoms with E-state index in [0.29, 0.717) is 18.1 Å². The molecule has 2 aromatic carbocycles. The Labute approximate surface area is 123 Å². The van der Waals surface area contributed by atoms with E-state index in [9.17, 15) is 10.1 Å². The Morgan fingerprint density at radius 2 is 1.75 bits per heavy atom. The largest absolute Gasteiger partial charge is 0.486 e. The first-order valence-electron chi connectivity index (χ1n) is 6.24. The third-order valence-corrected chi connectivity index (χ3v) is 3.43. The fourth-order valence-corrected chi connectivity index (χ4v) is 2.22. The molecular formula is C15H15NO3S. The van der Waals surface area contributed by atoms with Crippen molar-refractivity contribution in [3.8, 4) is 5.75 Å². The number of thiol groups is 1. The third kappa shape index (κ3) is 3.51. The topological polar surface area (TPSA) is 52.4 Å². The van der Waals surface area contributed by atoms with Crippen molar-refractivity contribution < 1.29 is 9.66 Å². The smallest absolute Gasteiger partial charge is 0.310 e. The molecule has 104 valence electrons. The van der Waals surface area contributed by atoms with Crippen LogP contribution in [0.3, 0.4) is 0 Å². The second-order valence-electron chi connectivity index (χ2n) is 4.33. The van der Waals surface area contributed by atoms with Crippen molar-refractivity contribution in [2.45, 2.75) is 5.92 Å². The average molecular weight is 289 g/mol. The molecule has 5 heteroatoms. The normalized spacial score (nSPS) is 11.8. The van der Waals surface area contributed by atoms with Gasteiger partial charge in [-0.05, 0) is 11.6 Å². The Bertz CT molecular complexity index is 574. The molecule has 1 atom stereocenters. The molecule has 0 N–H and O–H groups in total. The van der Waals surface area contributed by atoms with Crippen LogP contribution in [-0.2, 0) is 0 Å². The standard InChI is InChI=1S/C15H15NO3S/c17-16(18)14-8-4-5-9-15(14)19-10-13(11-20)12-6-2-1-3-7-12/h1-9,13,20H,10-11H2. The summed E-state index contributed by atoms with van der Waals surface area (Å²) in [5.41, 5.74) is 1.10. The van der Waals surface area contributed by atoms with Crippen LogP contribution in [0, 0.1) is 10.1 Å². The summed E-state index contributed by atoms with van der Waals surface area (Å²) in [6.07, 6.45) is 0. The fourth-order valence-electron chi connectivity index (χ4n) is 1.90. The van der Waals surface area contributed by atoms with Crippen LogP contribution >= 0.6 is 12.6 Å². The molecule has 0 radical (unpaired) electrons.